The number of pyridine rings is 1. The molecule has 0 bridgehead atoms. The Morgan fingerprint density at radius 1 is 1.12 bits per heavy atom. The molecule has 1 nitrogen and oxygen atoms in total. The van der Waals surface area contributed by atoms with Gasteiger partial charge < -0.3 is 0 Å². The first-order chi connectivity index (χ1) is 7.83. The Labute approximate surface area is 98.4 Å². The molecule has 1 aromatic carbocycles. The van der Waals surface area contributed by atoms with Crippen molar-refractivity contribution >= 4 is 21.4 Å². The van der Waals surface area contributed by atoms with E-state index in [-0.39, 0.29) is 0 Å². The zero-order chi connectivity index (χ0) is 11.0. The van der Waals surface area contributed by atoms with Crippen molar-refractivity contribution in [3.05, 3.63) is 54.4 Å². The topological polar surface area (TPSA) is 12.9 Å². The minimum Gasteiger partial charge on any atom is -0.264 e. The predicted octanol–water partition coefficient (Wildman–Crippen LogP) is 4.27. The molecule has 0 aliphatic heterocycles. The standard InChI is InChI=1S/C14H11NS/c1-10-4-5-13-12(7-10)8-14(16-13)11-3-2-6-15-9-11/h2-9H,1H3. The van der Waals surface area contributed by atoms with Crippen molar-refractivity contribution < 1.29 is 0 Å². The van der Waals surface area contributed by atoms with Gasteiger partial charge in [0, 0.05) is 27.5 Å². The van der Waals surface area contributed by atoms with Gasteiger partial charge in [-0.3, -0.25) is 4.98 Å². The highest BCUT2D eigenvalue weighted by Crippen LogP contribution is 2.33. The average Bonchev–Trinajstić information content (AvgIpc) is 2.73. The fourth-order valence-electron chi connectivity index (χ4n) is 1.81. The van der Waals surface area contributed by atoms with Gasteiger partial charge >= 0.3 is 0 Å². The Morgan fingerprint density at radius 3 is 2.88 bits per heavy atom. The molecule has 2 heterocycles. The molecule has 0 saturated carbocycles. The number of thiophene rings is 1. The summed E-state index contributed by atoms with van der Waals surface area (Å²) < 4.78 is 1.34. The van der Waals surface area contributed by atoms with Gasteiger partial charge in [-0.15, -0.1) is 11.3 Å². The fourth-order valence-corrected chi connectivity index (χ4v) is 2.85. The lowest BCUT2D eigenvalue weighted by atomic mass is 10.1. The molecule has 0 fully saturated rings. The maximum Gasteiger partial charge on any atom is 0.0370 e. The molecule has 3 rings (SSSR count). The number of aromatic nitrogens is 1. The number of hydrogen-bond acceptors (Lipinski definition) is 2. The van der Waals surface area contributed by atoms with Gasteiger partial charge in [-0.1, -0.05) is 23.8 Å². The number of fused-ring (bicyclic) bond motifs is 1. The highest BCUT2D eigenvalue weighted by molar-refractivity contribution is 7.22. The first-order valence-electron chi connectivity index (χ1n) is 5.23. The molecule has 3 aromatic rings. The lowest BCUT2D eigenvalue weighted by molar-refractivity contribution is 1.33. The second kappa shape index (κ2) is 3.72. The lowest BCUT2D eigenvalue weighted by Crippen LogP contribution is -1.72. The molecule has 2 aromatic heterocycles. The molecule has 0 unspecified atom stereocenters. The summed E-state index contributed by atoms with van der Waals surface area (Å²) in [5, 5.41) is 1.32. The second-order valence-electron chi connectivity index (χ2n) is 3.89. The number of nitrogens with zero attached hydrogens (tertiary/aromatic N) is 1. The lowest BCUT2D eigenvalue weighted by Gasteiger charge is -1.92. The molecule has 78 valence electrons. The van der Waals surface area contributed by atoms with Gasteiger partial charge in [-0.05, 0) is 30.5 Å². The van der Waals surface area contributed by atoms with Crippen LogP contribution in [-0.2, 0) is 0 Å². The SMILES string of the molecule is Cc1ccc2sc(-c3cccnc3)cc2c1. The third-order valence-corrected chi connectivity index (χ3v) is 3.78. The van der Waals surface area contributed by atoms with Crippen molar-refractivity contribution in [2.45, 2.75) is 6.92 Å². The van der Waals surface area contributed by atoms with Gasteiger partial charge in [0.05, 0.1) is 0 Å². The van der Waals surface area contributed by atoms with Crippen LogP contribution in [0, 0.1) is 6.92 Å². The van der Waals surface area contributed by atoms with Crippen LogP contribution in [0.1, 0.15) is 5.56 Å². The van der Waals surface area contributed by atoms with E-state index >= 15 is 0 Å². The van der Waals surface area contributed by atoms with E-state index in [1.165, 1.54) is 26.1 Å². The van der Waals surface area contributed by atoms with E-state index in [1.54, 1.807) is 6.20 Å². The summed E-state index contributed by atoms with van der Waals surface area (Å²) >= 11 is 1.82. The fraction of sp³-hybridized carbons (Fsp3) is 0.0714. The van der Waals surface area contributed by atoms with Crippen molar-refractivity contribution in [1.82, 2.24) is 4.98 Å². The predicted molar refractivity (Wildman–Crippen MR) is 69.8 cm³/mol. The van der Waals surface area contributed by atoms with Crippen LogP contribution in [0.5, 0.6) is 0 Å². The van der Waals surface area contributed by atoms with E-state index in [1.807, 2.05) is 23.6 Å². The Bertz CT molecular complexity index is 626. The Hall–Kier alpha value is -1.67. The van der Waals surface area contributed by atoms with Crippen molar-refractivity contribution in [1.29, 1.82) is 0 Å². The molecule has 0 spiro atoms. The van der Waals surface area contributed by atoms with Gasteiger partial charge in [0.1, 0.15) is 0 Å². The quantitative estimate of drug-likeness (QED) is 0.602. The van der Waals surface area contributed by atoms with Crippen molar-refractivity contribution in [3.8, 4) is 10.4 Å². The minimum absolute atomic E-state index is 1.20. The first kappa shape index (κ1) is 9.55. The second-order valence-corrected chi connectivity index (χ2v) is 4.98. The van der Waals surface area contributed by atoms with E-state index in [2.05, 4.69) is 42.2 Å². The Balaban J connectivity index is 2.19. The number of aryl methyl sites for hydroxylation is 1. The molecule has 0 radical (unpaired) electrons. The van der Waals surface area contributed by atoms with Gasteiger partial charge in [0.25, 0.3) is 0 Å². The zero-order valence-electron chi connectivity index (χ0n) is 8.97. The van der Waals surface area contributed by atoms with Gasteiger partial charge in [-0.25, -0.2) is 0 Å². The Morgan fingerprint density at radius 2 is 2.06 bits per heavy atom. The third kappa shape index (κ3) is 1.61. The molecular weight excluding hydrogens is 214 g/mol. The highest BCUT2D eigenvalue weighted by Gasteiger charge is 2.03. The normalized spacial score (nSPS) is 10.8. The maximum absolute atomic E-state index is 4.16. The minimum atomic E-state index is 1.20. The summed E-state index contributed by atoms with van der Waals surface area (Å²) in [5.41, 5.74) is 2.50. The zero-order valence-corrected chi connectivity index (χ0v) is 9.79. The van der Waals surface area contributed by atoms with Crippen LogP contribution in [0.3, 0.4) is 0 Å². The molecular formula is C14H11NS. The van der Waals surface area contributed by atoms with Gasteiger partial charge in [0.15, 0.2) is 0 Å². The summed E-state index contributed by atoms with van der Waals surface area (Å²) in [6, 6.07) is 12.9. The molecule has 16 heavy (non-hydrogen) atoms. The summed E-state index contributed by atoms with van der Waals surface area (Å²) in [5.74, 6) is 0. The molecule has 0 aliphatic carbocycles. The molecule has 0 saturated heterocycles. The van der Waals surface area contributed by atoms with Crippen LogP contribution in [0.4, 0.5) is 0 Å². The van der Waals surface area contributed by atoms with E-state index in [4.69, 9.17) is 0 Å². The maximum atomic E-state index is 4.16. The van der Waals surface area contributed by atoms with Crippen molar-refractivity contribution in [3.63, 3.8) is 0 Å². The number of hydrogen-bond donors (Lipinski definition) is 0. The summed E-state index contributed by atoms with van der Waals surface area (Å²) in [6.45, 7) is 2.13. The summed E-state index contributed by atoms with van der Waals surface area (Å²) in [7, 11) is 0. The van der Waals surface area contributed by atoms with Crippen molar-refractivity contribution in [2.24, 2.45) is 0 Å². The van der Waals surface area contributed by atoms with Gasteiger partial charge in [-0.2, -0.15) is 0 Å². The van der Waals surface area contributed by atoms with Gasteiger partial charge in [0.2, 0.25) is 0 Å². The van der Waals surface area contributed by atoms with Crippen LogP contribution < -0.4 is 0 Å². The molecule has 0 N–H and O–H groups in total. The highest BCUT2D eigenvalue weighted by atomic mass is 32.1. The van der Waals surface area contributed by atoms with Crippen LogP contribution in [0.25, 0.3) is 20.5 Å². The molecule has 0 atom stereocenters. The van der Waals surface area contributed by atoms with Crippen LogP contribution in [0.15, 0.2) is 48.8 Å². The monoisotopic (exact) mass is 225 g/mol. The number of rotatable bonds is 1. The van der Waals surface area contributed by atoms with E-state index in [0.29, 0.717) is 0 Å². The molecule has 2 heteroatoms. The molecule has 0 aliphatic rings. The van der Waals surface area contributed by atoms with Crippen LogP contribution in [0.2, 0.25) is 0 Å². The van der Waals surface area contributed by atoms with E-state index < -0.39 is 0 Å². The third-order valence-electron chi connectivity index (χ3n) is 2.62. The largest absolute Gasteiger partial charge is 0.264 e. The van der Waals surface area contributed by atoms with E-state index in [0.717, 1.165) is 0 Å². The number of benzene rings is 1. The van der Waals surface area contributed by atoms with Crippen LogP contribution in [-0.4, -0.2) is 4.98 Å². The van der Waals surface area contributed by atoms with E-state index in [9.17, 15) is 0 Å². The van der Waals surface area contributed by atoms with Crippen molar-refractivity contribution in [2.75, 3.05) is 0 Å². The smallest absolute Gasteiger partial charge is 0.0370 e. The average molecular weight is 225 g/mol. The van der Waals surface area contributed by atoms with Crippen LogP contribution >= 0.6 is 11.3 Å². The molecule has 0 amide bonds. The summed E-state index contributed by atoms with van der Waals surface area (Å²) in [4.78, 5) is 5.44. The first-order valence-corrected chi connectivity index (χ1v) is 6.05. The summed E-state index contributed by atoms with van der Waals surface area (Å²) in [6.07, 6.45) is 3.72. The Kier molecular flexibility index (Phi) is 2.22.